The highest BCUT2D eigenvalue weighted by molar-refractivity contribution is 6.30. The summed E-state index contributed by atoms with van der Waals surface area (Å²) in [5, 5.41) is 6.56. The van der Waals surface area contributed by atoms with Crippen molar-refractivity contribution in [2.75, 3.05) is 13.1 Å². The topological polar surface area (TPSA) is 61.4 Å². The molecule has 0 unspecified atom stereocenters. The van der Waals surface area contributed by atoms with E-state index in [4.69, 9.17) is 11.6 Å². The quantitative estimate of drug-likeness (QED) is 0.798. The number of hydrogen-bond acceptors (Lipinski definition) is 3. The van der Waals surface area contributed by atoms with Crippen molar-refractivity contribution in [3.63, 3.8) is 0 Å². The number of hydrogen-bond donors (Lipinski definition) is 2. The number of carbonyl (C=O) groups is 2. The first-order valence-electron chi connectivity index (χ1n) is 6.20. The van der Waals surface area contributed by atoms with Gasteiger partial charge in [0, 0.05) is 11.6 Å². The molecule has 0 saturated carbocycles. The zero-order valence-electron chi connectivity index (χ0n) is 10.3. The number of imide groups is 1. The minimum Gasteiger partial charge on any atom is -0.322 e. The van der Waals surface area contributed by atoms with Crippen molar-refractivity contribution in [3.8, 4) is 0 Å². The molecule has 1 aromatic carbocycles. The second-order valence-corrected chi connectivity index (χ2v) is 5.39. The average molecular weight is 280 g/mol. The molecule has 0 bridgehead atoms. The summed E-state index contributed by atoms with van der Waals surface area (Å²) in [5.41, 5.74) is 0.152. The summed E-state index contributed by atoms with van der Waals surface area (Å²) in [7, 11) is 0. The van der Waals surface area contributed by atoms with E-state index in [-0.39, 0.29) is 18.5 Å². The molecule has 2 saturated heterocycles. The Bertz CT molecular complexity index is 523. The van der Waals surface area contributed by atoms with Gasteiger partial charge in [-0.25, -0.2) is 4.79 Å². The van der Waals surface area contributed by atoms with E-state index in [1.807, 2.05) is 12.1 Å². The van der Waals surface area contributed by atoms with Gasteiger partial charge < -0.3 is 10.6 Å². The third kappa shape index (κ3) is 2.09. The summed E-state index contributed by atoms with van der Waals surface area (Å²) in [6, 6.07) is 6.83. The van der Waals surface area contributed by atoms with Crippen LogP contribution in [0.4, 0.5) is 4.79 Å². The monoisotopic (exact) mass is 279 g/mol. The molecule has 19 heavy (non-hydrogen) atoms. The van der Waals surface area contributed by atoms with Gasteiger partial charge in [0.2, 0.25) is 0 Å². The number of urea groups is 1. The Morgan fingerprint density at radius 2 is 2.00 bits per heavy atom. The van der Waals surface area contributed by atoms with Crippen LogP contribution < -0.4 is 10.6 Å². The van der Waals surface area contributed by atoms with Crippen LogP contribution in [0, 0.1) is 0 Å². The van der Waals surface area contributed by atoms with Gasteiger partial charge in [0.25, 0.3) is 5.91 Å². The largest absolute Gasteiger partial charge is 0.325 e. The Morgan fingerprint density at radius 1 is 1.26 bits per heavy atom. The van der Waals surface area contributed by atoms with E-state index in [0.717, 1.165) is 12.1 Å². The number of rotatable bonds is 2. The third-order valence-electron chi connectivity index (χ3n) is 3.66. The molecule has 2 fully saturated rings. The maximum absolute atomic E-state index is 12.4. The Kier molecular flexibility index (Phi) is 2.95. The lowest BCUT2D eigenvalue weighted by Gasteiger charge is -2.19. The maximum atomic E-state index is 12.4. The molecule has 2 aliphatic rings. The van der Waals surface area contributed by atoms with Gasteiger partial charge in [-0.1, -0.05) is 23.7 Å². The summed E-state index contributed by atoms with van der Waals surface area (Å²) in [6.45, 7) is 1.54. The molecule has 0 aliphatic carbocycles. The smallest absolute Gasteiger partial charge is 0.322 e. The van der Waals surface area contributed by atoms with Gasteiger partial charge in [-0.15, -0.1) is 0 Å². The lowest BCUT2D eigenvalue weighted by atomic mass is 9.99. The van der Waals surface area contributed by atoms with Crippen molar-refractivity contribution in [1.29, 1.82) is 0 Å². The second kappa shape index (κ2) is 4.51. The molecule has 1 aromatic rings. The number of halogens is 1. The highest BCUT2D eigenvalue weighted by Crippen LogP contribution is 2.25. The van der Waals surface area contributed by atoms with E-state index >= 15 is 0 Å². The number of nitrogens with zero attached hydrogens (tertiary/aromatic N) is 1. The highest BCUT2D eigenvalue weighted by atomic mass is 35.5. The van der Waals surface area contributed by atoms with Crippen LogP contribution in [0.25, 0.3) is 0 Å². The third-order valence-corrected chi connectivity index (χ3v) is 3.91. The van der Waals surface area contributed by atoms with Gasteiger partial charge in [0.1, 0.15) is 5.54 Å². The summed E-state index contributed by atoms with van der Waals surface area (Å²) in [4.78, 5) is 25.6. The molecular formula is C13H14ClN3O2. The SMILES string of the molecule is O=C1N[C@@]2(CCNC2)C(=O)N1Cc1ccc(Cl)cc1. The maximum Gasteiger partial charge on any atom is 0.325 e. The normalized spacial score (nSPS) is 26.3. The van der Waals surface area contributed by atoms with E-state index in [1.54, 1.807) is 12.1 Å². The minimum absolute atomic E-state index is 0.141. The number of benzene rings is 1. The zero-order valence-corrected chi connectivity index (χ0v) is 11.0. The molecule has 1 atom stereocenters. The molecule has 6 heteroatoms. The molecular weight excluding hydrogens is 266 g/mol. The second-order valence-electron chi connectivity index (χ2n) is 4.96. The molecule has 3 rings (SSSR count). The molecule has 5 nitrogen and oxygen atoms in total. The number of nitrogens with one attached hydrogen (secondary N) is 2. The molecule has 3 amide bonds. The molecule has 2 N–H and O–H groups in total. The van der Waals surface area contributed by atoms with Crippen molar-refractivity contribution >= 4 is 23.5 Å². The minimum atomic E-state index is -0.733. The predicted molar refractivity (Wildman–Crippen MR) is 70.8 cm³/mol. The molecule has 2 heterocycles. The fourth-order valence-corrected chi connectivity index (χ4v) is 2.70. The molecule has 100 valence electrons. The van der Waals surface area contributed by atoms with E-state index in [0.29, 0.717) is 18.0 Å². The highest BCUT2D eigenvalue weighted by Gasteiger charge is 2.52. The molecule has 2 aliphatic heterocycles. The Balaban J connectivity index is 1.79. The Labute approximate surface area is 115 Å². The standard InChI is InChI=1S/C13H14ClN3O2/c14-10-3-1-9(2-4-10)7-17-11(18)13(16-12(17)19)5-6-15-8-13/h1-4,15H,5-8H2,(H,16,19)/t13-/m1/s1. The van der Waals surface area contributed by atoms with Crippen LogP contribution in [0.5, 0.6) is 0 Å². The van der Waals surface area contributed by atoms with Crippen molar-refractivity contribution in [2.45, 2.75) is 18.5 Å². The Morgan fingerprint density at radius 3 is 2.63 bits per heavy atom. The van der Waals surface area contributed by atoms with Crippen molar-refractivity contribution in [1.82, 2.24) is 15.5 Å². The van der Waals surface area contributed by atoms with Crippen LogP contribution in [-0.4, -0.2) is 35.5 Å². The van der Waals surface area contributed by atoms with Crippen LogP contribution in [0.2, 0.25) is 5.02 Å². The van der Waals surface area contributed by atoms with Gasteiger partial charge in [0.15, 0.2) is 0 Å². The van der Waals surface area contributed by atoms with Crippen LogP contribution in [0.1, 0.15) is 12.0 Å². The van der Waals surface area contributed by atoms with E-state index in [9.17, 15) is 9.59 Å². The summed E-state index contributed by atoms with van der Waals surface area (Å²) in [5.74, 6) is -0.141. The van der Waals surface area contributed by atoms with E-state index in [2.05, 4.69) is 10.6 Å². The first-order valence-corrected chi connectivity index (χ1v) is 6.58. The first kappa shape index (κ1) is 12.4. The Hall–Kier alpha value is -1.59. The van der Waals surface area contributed by atoms with Gasteiger partial charge in [-0.3, -0.25) is 9.69 Å². The van der Waals surface area contributed by atoms with Gasteiger partial charge in [-0.2, -0.15) is 0 Å². The average Bonchev–Trinajstić information content (AvgIpc) is 2.94. The van der Waals surface area contributed by atoms with E-state index in [1.165, 1.54) is 4.90 Å². The summed E-state index contributed by atoms with van der Waals surface area (Å²) < 4.78 is 0. The van der Waals surface area contributed by atoms with Gasteiger partial charge in [0.05, 0.1) is 6.54 Å². The molecule has 1 spiro atoms. The van der Waals surface area contributed by atoms with Crippen molar-refractivity contribution in [3.05, 3.63) is 34.9 Å². The molecule has 0 aromatic heterocycles. The van der Waals surface area contributed by atoms with Crippen LogP contribution in [0.15, 0.2) is 24.3 Å². The lowest BCUT2D eigenvalue weighted by Crippen LogP contribution is -2.48. The fourth-order valence-electron chi connectivity index (χ4n) is 2.57. The van der Waals surface area contributed by atoms with Crippen LogP contribution >= 0.6 is 11.6 Å². The first-order chi connectivity index (χ1) is 9.11. The van der Waals surface area contributed by atoms with Crippen molar-refractivity contribution < 1.29 is 9.59 Å². The summed E-state index contributed by atoms with van der Waals surface area (Å²) in [6.07, 6.45) is 0.648. The predicted octanol–water partition coefficient (Wildman–Crippen LogP) is 1.12. The van der Waals surface area contributed by atoms with Gasteiger partial charge in [-0.05, 0) is 30.7 Å². The fraction of sp³-hybridized carbons (Fsp3) is 0.385. The lowest BCUT2D eigenvalue weighted by molar-refractivity contribution is -0.131. The molecule has 0 radical (unpaired) electrons. The van der Waals surface area contributed by atoms with E-state index < -0.39 is 5.54 Å². The zero-order chi connectivity index (χ0) is 13.5. The van der Waals surface area contributed by atoms with Crippen LogP contribution in [-0.2, 0) is 11.3 Å². The number of amides is 3. The summed E-state index contributed by atoms with van der Waals surface area (Å²) >= 11 is 5.82. The van der Waals surface area contributed by atoms with Gasteiger partial charge >= 0.3 is 6.03 Å². The van der Waals surface area contributed by atoms with Crippen LogP contribution in [0.3, 0.4) is 0 Å². The van der Waals surface area contributed by atoms with Crippen molar-refractivity contribution in [2.24, 2.45) is 0 Å². The number of carbonyl (C=O) groups excluding carboxylic acids is 2.